The Hall–Kier alpha value is -1.46. The van der Waals surface area contributed by atoms with E-state index in [0.717, 1.165) is 12.8 Å². The molecule has 0 amide bonds. The van der Waals surface area contributed by atoms with Crippen molar-refractivity contribution >= 4 is 21.5 Å². The van der Waals surface area contributed by atoms with E-state index in [4.69, 9.17) is 0 Å². The third-order valence-electron chi connectivity index (χ3n) is 5.77. The van der Waals surface area contributed by atoms with Crippen LogP contribution in [0.3, 0.4) is 0 Å². The molecule has 0 radical (unpaired) electrons. The molecule has 0 bridgehead atoms. The van der Waals surface area contributed by atoms with Crippen LogP contribution in [-0.4, -0.2) is 0 Å². The fraction of sp³-hybridized carbons (Fsp3) is 0.259. The monoisotopic (exact) mass is 446 g/mol. The maximum atomic E-state index is 2.41. The van der Waals surface area contributed by atoms with E-state index >= 15 is 0 Å². The van der Waals surface area contributed by atoms with Crippen molar-refractivity contribution in [3.63, 3.8) is 0 Å². The van der Waals surface area contributed by atoms with Gasteiger partial charge >= 0.3 is 26.2 Å². The number of aryl methyl sites for hydroxylation is 2. The molecule has 4 aromatic carbocycles. The van der Waals surface area contributed by atoms with E-state index < -0.39 is 0 Å². The molecule has 0 nitrogen and oxygen atoms in total. The van der Waals surface area contributed by atoms with Crippen LogP contribution < -0.4 is 0 Å². The van der Waals surface area contributed by atoms with Crippen LogP contribution in [-0.2, 0) is 44.5 Å². The summed E-state index contributed by atoms with van der Waals surface area (Å²) < 4.78 is 0. The van der Waals surface area contributed by atoms with Gasteiger partial charge in [0.2, 0.25) is 0 Å². The van der Waals surface area contributed by atoms with E-state index in [2.05, 4.69) is 88.4 Å². The smallest absolute Gasteiger partial charge is 0.358 e. The zero-order valence-corrected chi connectivity index (χ0v) is 20.6. The number of hydrogen-bond acceptors (Lipinski definition) is 0. The van der Waals surface area contributed by atoms with Crippen LogP contribution in [0.2, 0.25) is 0 Å². The summed E-state index contributed by atoms with van der Waals surface area (Å²) in [5.74, 6) is 0. The van der Waals surface area contributed by atoms with Gasteiger partial charge in [0.15, 0.2) is 0 Å². The Bertz CT molecular complexity index is 959. The van der Waals surface area contributed by atoms with Crippen molar-refractivity contribution < 1.29 is 26.2 Å². The predicted octanol–water partition coefficient (Wildman–Crippen LogP) is 7.78. The van der Waals surface area contributed by atoms with Crippen molar-refractivity contribution in [3.05, 3.63) is 97.8 Å². The summed E-state index contributed by atoms with van der Waals surface area (Å²) in [6, 6.07) is 22.5. The molecule has 144 valence electrons. The molecule has 1 heteroatoms. The molecule has 0 atom stereocenters. The summed E-state index contributed by atoms with van der Waals surface area (Å²) in [5, 5.41) is 5.57. The summed E-state index contributed by atoms with van der Waals surface area (Å²) >= 11 is 0. The molecule has 4 rings (SSSR count). The predicted molar refractivity (Wildman–Crippen MR) is 123 cm³/mol. The largest absolute Gasteiger partial charge is 4.00 e. The molecule has 0 heterocycles. The Labute approximate surface area is 190 Å². The Morgan fingerprint density at radius 3 is 1.39 bits per heavy atom. The number of hydrogen-bond donors (Lipinski definition) is 0. The van der Waals surface area contributed by atoms with Gasteiger partial charge in [0, 0.05) is 0 Å². The number of rotatable bonds is 4. The second-order valence-electron chi connectivity index (χ2n) is 7.60. The van der Waals surface area contributed by atoms with Crippen molar-refractivity contribution in [1.29, 1.82) is 0 Å². The van der Waals surface area contributed by atoms with Crippen LogP contribution in [0, 0.1) is 14.9 Å². The van der Waals surface area contributed by atoms with Crippen molar-refractivity contribution in [3.8, 4) is 0 Å². The van der Waals surface area contributed by atoms with Crippen molar-refractivity contribution in [1.82, 2.24) is 0 Å². The van der Waals surface area contributed by atoms with Crippen LogP contribution in [0.25, 0.3) is 21.5 Å². The minimum absolute atomic E-state index is 0. The Balaban J connectivity index is 0.00000131. The summed E-state index contributed by atoms with van der Waals surface area (Å²) in [6.07, 6.45) is 2.15. The van der Waals surface area contributed by atoms with Gasteiger partial charge in [0.1, 0.15) is 0 Å². The average molecular weight is 448 g/mol. The van der Waals surface area contributed by atoms with E-state index in [-0.39, 0.29) is 46.5 Å². The molecule has 0 unspecified atom stereocenters. The first kappa shape index (κ1) is 24.6. The molecule has 4 aromatic rings. The number of benzene rings is 2. The van der Waals surface area contributed by atoms with E-state index in [1.807, 2.05) is 0 Å². The van der Waals surface area contributed by atoms with Gasteiger partial charge in [-0.25, -0.2) is 0 Å². The first-order valence-electron chi connectivity index (χ1n) is 9.43. The fourth-order valence-electron chi connectivity index (χ4n) is 4.73. The maximum absolute atomic E-state index is 2.41. The molecule has 0 aliphatic rings. The third kappa shape index (κ3) is 3.71. The second kappa shape index (κ2) is 9.36. The number of fused-ring (bicyclic) bond motifs is 2. The first-order valence-corrected chi connectivity index (χ1v) is 9.43. The zero-order valence-electron chi connectivity index (χ0n) is 18.2. The standard InChI is InChI=1S/C25H26.2CH3.Zr/c1-5-17-15-19-11-7-9-13-21(19)23(17)25(3,4)24-18(6-2)16-20-12-8-10-14-22(20)24;;;/h7-16H,5-6H2,1-4H3;2*1H3;/q-2;2*-1;+4. The summed E-state index contributed by atoms with van der Waals surface area (Å²) in [6.45, 7) is 9.37. The molecule has 0 aromatic heterocycles. The Kier molecular flexibility index (Phi) is 8.22. The van der Waals surface area contributed by atoms with Crippen LogP contribution in [0.15, 0.2) is 60.7 Å². The van der Waals surface area contributed by atoms with Gasteiger partial charge in [-0.2, -0.15) is 0 Å². The van der Waals surface area contributed by atoms with E-state index in [9.17, 15) is 0 Å². The molecule has 0 fully saturated rings. The van der Waals surface area contributed by atoms with E-state index in [1.54, 1.807) is 0 Å². The molecule has 0 N–H and O–H groups in total. The molecule has 0 aliphatic heterocycles. The van der Waals surface area contributed by atoms with Crippen LogP contribution in [0.1, 0.15) is 49.9 Å². The summed E-state index contributed by atoms with van der Waals surface area (Å²) in [4.78, 5) is 0. The van der Waals surface area contributed by atoms with Gasteiger partial charge in [0.25, 0.3) is 0 Å². The van der Waals surface area contributed by atoms with E-state index in [1.165, 1.54) is 43.8 Å². The maximum Gasteiger partial charge on any atom is 4.00 e. The first-order chi connectivity index (χ1) is 12.1. The van der Waals surface area contributed by atoms with Crippen molar-refractivity contribution in [2.75, 3.05) is 0 Å². The molecule has 0 saturated heterocycles. The SMILES string of the molecule is CCc1[cH-]c2ccccc2c1C(C)(C)c1c(CC)[cH-]c2ccccc12.[CH3-].[CH3-].[Zr+4]. The minimum Gasteiger partial charge on any atom is -0.358 e. The molecule has 28 heavy (non-hydrogen) atoms. The summed E-state index contributed by atoms with van der Waals surface area (Å²) in [5.41, 5.74) is 5.98. The van der Waals surface area contributed by atoms with Crippen LogP contribution in [0.5, 0.6) is 0 Å². The summed E-state index contributed by atoms with van der Waals surface area (Å²) in [7, 11) is 0. The van der Waals surface area contributed by atoms with Gasteiger partial charge in [0.05, 0.1) is 0 Å². The third-order valence-corrected chi connectivity index (χ3v) is 5.77. The van der Waals surface area contributed by atoms with Crippen molar-refractivity contribution in [2.24, 2.45) is 0 Å². The molecule has 0 saturated carbocycles. The van der Waals surface area contributed by atoms with Crippen LogP contribution >= 0.6 is 0 Å². The normalized spacial score (nSPS) is 11.0. The Morgan fingerprint density at radius 1 is 0.679 bits per heavy atom. The minimum atomic E-state index is -0.0110. The topological polar surface area (TPSA) is 0 Å². The molecular weight excluding hydrogens is 416 g/mol. The van der Waals surface area contributed by atoms with Gasteiger partial charge in [-0.05, 0) is 12.8 Å². The van der Waals surface area contributed by atoms with Crippen molar-refractivity contribution in [2.45, 2.75) is 46.0 Å². The molecule has 0 spiro atoms. The van der Waals surface area contributed by atoms with Gasteiger partial charge in [-0.1, -0.05) is 45.2 Å². The quantitative estimate of drug-likeness (QED) is 0.280. The molecular formula is C27H32Zr. The zero-order chi connectivity index (χ0) is 17.6. The molecule has 0 aliphatic carbocycles. The van der Waals surface area contributed by atoms with Gasteiger partial charge in [-0.3, -0.25) is 0 Å². The van der Waals surface area contributed by atoms with Gasteiger partial charge < -0.3 is 14.9 Å². The van der Waals surface area contributed by atoms with Gasteiger partial charge in [-0.15, -0.1) is 92.3 Å². The van der Waals surface area contributed by atoms with E-state index in [0.29, 0.717) is 0 Å². The fourth-order valence-corrected chi connectivity index (χ4v) is 4.73. The second-order valence-corrected chi connectivity index (χ2v) is 7.60. The van der Waals surface area contributed by atoms with Crippen LogP contribution in [0.4, 0.5) is 0 Å². The average Bonchev–Trinajstić information content (AvgIpc) is 3.20. The Morgan fingerprint density at radius 2 is 1.04 bits per heavy atom.